The molecule has 0 radical (unpaired) electrons. The van der Waals surface area contributed by atoms with Crippen LogP contribution in [0.2, 0.25) is 0 Å². The summed E-state index contributed by atoms with van der Waals surface area (Å²) >= 11 is 0. The van der Waals surface area contributed by atoms with Crippen LogP contribution in [-0.4, -0.2) is 17.4 Å². The van der Waals surface area contributed by atoms with Crippen LogP contribution in [0, 0.1) is 0 Å². The van der Waals surface area contributed by atoms with Crippen molar-refractivity contribution in [2.45, 2.75) is 33.6 Å². The molecule has 0 unspecified atom stereocenters. The smallest absolute Gasteiger partial charge is 0.226 e. The van der Waals surface area contributed by atoms with Crippen molar-refractivity contribution >= 4 is 5.91 Å². The van der Waals surface area contributed by atoms with Crippen molar-refractivity contribution in [3.8, 4) is 0 Å². The number of amides is 1. The second kappa shape index (κ2) is 6.46. The van der Waals surface area contributed by atoms with Crippen molar-refractivity contribution in [1.82, 2.24) is 4.90 Å². The lowest BCUT2D eigenvalue weighted by Crippen LogP contribution is -2.28. The first kappa shape index (κ1) is 11.9. The normalized spacial score (nSPS) is 11.2. The molecule has 0 N–H and O–H groups in total. The highest BCUT2D eigenvalue weighted by atomic mass is 16.2. The van der Waals surface area contributed by atoms with Crippen molar-refractivity contribution in [2.75, 3.05) is 6.54 Å². The molecule has 0 bridgehead atoms. The number of hydrogen-bond acceptors (Lipinski definition) is 1. The molecular weight excluding hydrogens is 162 g/mol. The summed E-state index contributed by atoms with van der Waals surface area (Å²) in [6.07, 6.45) is 5.08. The minimum atomic E-state index is 0.195. The summed E-state index contributed by atoms with van der Waals surface area (Å²) in [5.41, 5.74) is 0.968. The molecule has 0 aromatic rings. The molecule has 74 valence electrons. The van der Waals surface area contributed by atoms with Gasteiger partial charge in [-0.1, -0.05) is 19.6 Å². The molecular formula is C11H19NO. The highest BCUT2D eigenvalue weighted by Crippen LogP contribution is 2.06. The fourth-order valence-corrected chi connectivity index (χ4v) is 1.23. The lowest BCUT2D eigenvalue weighted by Gasteiger charge is -2.21. The molecule has 0 aliphatic rings. The Labute approximate surface area is 80.9 Å². The van der Waals surface area contributed by atoms with Gasteiger partial charge in [0, 0.05) is 18.7 Å². The molecule has 2 nitrogen and oxygen atoms in total. The van der Waals surface area contributed by atoms with E-state index in [2.05, 4.69) is 6.58 Å². The molecule has 2 heteroatoms. The standard InChI is InChI=1S/C11H19NO/c1-5-8-10(4)12(7-3)11(13)9-6-2/h5,8H,1,6-7,9H2,2-4H3. The van der Waals surface area contributed by atoms with E-state index in [-0.39, 0.29) is 5.91 Å². The fourth-order valence-electron chi connectivity index (χ4n) is 1.23. The molecule has 13 heavy (non-hydrogen) atoms. The summed E-state index contributed by atoms with van der Waals surface area (Å²) < 4.78 is 0. The molecule has 0 saturated carbocycles. The van der Waals surface area contributed by atoms with Gasteiger partial charge in [0.05, 0.1) is 0 Å². The van der Waals surface area contributed by atoms with Gasteiger partial charge >= 0.3 is 0 Å². The molecule has 0 aliphatic carbocycles. The van der Waals surface area contributed by atoms with E-state index >= 15 is 0 Å². The molecule has 0 fully saturated rings. The predicted octanol–water partition coefficient (Wildman–Crippen LogP) is 2.72. The van der Waals surface area contributed by atoms with E-state index in [4.69, 9.17) is 0 Å². The highest BCUT2D eigenvalue weighted by Gasteiger charge is 2.10. The summed E-state index contributed by atoms with van der Waals surface area (Å²) in [6.45, 7) is 10.3. The number of carbonyl (C=O) groups excluding carboxylic acids is 1. The van der Waals surface area contributed by atoms with Gasteiger partial charge in [-0.05, 0) is 26.3 Å². The lowest BCUT2D eigenvalue weighted by atomic mass is 10.2. The van der Waals surface area contributed by atoms with E-state index in [1.165, 1.54) is 0 Å². The van der Waals surface area contributed by atoms with Crippen molar-refractivity contribution in [3.63, 3.8) is 0 Å². The van der Waals surface area contributed by atoms with Crippen LogP contribution >= 0.6 is 0 Å². The molecule has 0 spiro atoms. The Bertz CT molecular complexity index is 206. The lowest BCUT2D eigenvalue weighted by molar-refractivity contribution is -0.129. The zero-order valence-corrected chi connectivity index (χ0v) is 8.84. The van der Waals surface area contributed by atoms with Crippen LogP contribution in [0.1, 0.15) is 33.6 Å². The molecule has 1 amide bonds. The summed E-state index contributed by atoms with van der Waals surface area (Å²) in [6, 6.07) is 0. The van der Waals surface area contributed by atoms with Gasteiger partial charge in [-0.15, -0.1) is 0 Å². The maximum atomic E-state index is 11.5. The highest BCUT2D eigenvalue weighted by molar-refractivity contribution is 5.77. The molecule has 0 aliphatic heterocycles. The zero-order chi connectivity index (χ0) is 10.3. The Morgan fingerprint density at radius 3 is 2.46 bits per heavy atom. The minimum absolute atomic E-state index is 0.195. The SMILES string of the molecule is C=CC=C(C)N(CC)C(=O)CCC. The Hall–Kier alpha value is -1.05. The Balaban J connectivity index is 4.40. The molecule has 0 rings (SSSR count). The van der Waals surface area contributed by atoms with Gasteiger partial charge in [0.25, 0.3) is 0 Å². The molecule has 0 saturated heterocycles. The van der Waals surface area contributed by atoms with E-state index in [1.54, 1.807) is 11.0 Å². The van der Waals surface area contributed by atoms with Crippen LogP contribution in [0.15, 0.2) is 24.4 Å². The maximum Gasteiger partial charge on any atom is 0.226 e. The number of allylic oxidation sites excluding steroid dienone is 3. The molecule has 0 heterocycles. The van der Waals surface area contributed by atoms with E-state index in [9.17, 15) is 4.79 Å². The first-order chi connectivity index (χ1) is 6.17. The Morgan fingerprint density at radius 2 is 2.08 bits per heavy atom. The maximum absolute atomic E-state index is 11.5. The number of carbonyl (C=O) groups is 1. The monoisotopic (exact) mass is 181 g/mol. The topological polar surface area (TPSA) is 20.3 Å². The average Bonchev–Trinajstić information content (AvgIpc) is 2.06. The fraction of sp³-hybridized carbons (Fsp3) is 0.545. The predicted molar refractivity (Wildman–Crippen MR) is 56.2 cm³/mol. The first-order valence-electron chi connectivity index (χ1n) is 4.77. The van der Waals surface area contributed by atoms with Crippen LogP contribution in [0.25, 0.3) is 0 Å². The molecule has 0 aromatic carbocycles. The van der Waals surface area contributed by atoms with Gasteiger partial charge in [-0.25, -0.2) is 0 Å². The third-order valence-corrected chi connectivity index (χ3v) is 1.87. The van der Waals surface area contributed by atoms with Gasteiger partial charge in [-0.3, -0.25) is 4.79 Å². The summed E-state index contributed by atoms with van der Waals surface area (Å²) in [5.74, 6) is 0.195. The van der Waals surface area contributed by atoms with Gasteiger partial charge in [-0.2, -0.15) is 0 Å². The van der Waals surface area contributed by atoms with E-state index in [0.717, 1.165) is 18.7 Å². The van der Waals surface area contributed by atoms with Crippen LogP contribution in [-0.2, 0) is 4.79 Å². The van der Waals surface area contributed by atoms with E-state index in [0.29, 0.717) is 6.42 Å². The Morgan fingerprint density at radius 1 is 1.46 bits per heavy atom. The van der Waals surface area contributed by atoms with Gasteiger partial charge in [0.15, 0.2) is 0 Å². The number of nitrogens with zero attached hydrogens (tertiary/aromatic N) is 1. The number of hydrogen-bond donors (Lipinski definition) is 0. The van der Waals surface area contributed by atoms with Crippen LogP contribution < -0.4 is 0 Å². The third kappa shape index (κ3) is 3.92. The quantitative estimate of drug-likeness (QED) is 0.597. The minimum Gasteiger partial charge on any atom is -0.317 e. The third-order valence-electron chi connectivity index (χ3n) is 1.87. The second-order valence-corrected chi connectivity index (χ2v) is 2.93. The van der Waals surface area contributed by atoms with Crippen LogP contribution in [0.5, 0.6) is 0 Å². The van der Waals surface area contributed by atoms with Crippen LogP contribution in [0.3, 0.4) is 0 Å². The van der Waals surface area contributed by atoms with E-state index in [1.807, 2.05) is 26.8 Å². The van der Waals surface area contributed by atoms with E-state index < -0.39 is 0 Å². The van der Waals surface area contributed by atoms with Crippen molar-refractivity contribution in [3.05, 3.63) is 24.4 Å². The van der Waals surface area contributed by atoms with Gasteiger partial charge in [0.1, 0.15) is 0 Å². The zero-order valence-electron chi connectivity index (χ0n) is 8.84. The number of rotatable bonds is 5. The van der Waals surface area contributed by atoms with Crippen LogP contribution in [0.4, 0.5) is 0 Å². The molecule has 0 atom stereocenters. The first-order valence-corrected chi connectivity index (χ1v) is 4.77. The average molecular weight is 181 g/mol. The van der Waals surface area contributed by atoms with Crippen molar-refractivity contribution in [1.29, 1.82) is 0 Å². The van der Waals surface area contributed by atoms with Crippen molar-refractivity contribution < 1.29 is 4.79 Å². The van der Waals surface area contributed by atoms with Gasteiger partial charge < -0.3 is 4.90 Å². The summed E-state index contributed by atoms with van der Waals surface area (Å²) in [5, 5.41) is 0. The summed E-state index contributed by atoms with van der Waals surface area (Å²) in [4.78, 5) is 13.3. The second-order valence-electron chi connectivity index (χ2n) is 2.93. The Kier molecular flexibility index (Phi) is 5.94. The molecule has 0 aromatic heterocycles. The largest absolute Gasteiger partial charge is 0.317 e. The summed E-state index contributed by atoms with van der Waals surface area (Å²) in [7, 11) is 0. The van der Waals surface area contributed by atoms with Gasteiger partial charge in [0.2, 0.25) is 5.91 Å². The van der Waals surface area contributed by atoms with Crippen molar-refractivity contribution in [2.24, 2.45) is 0 Å².